The minimum atomic E-state index is -0.320. The molecule has 154 valence electrons. The second-order valence-electron chi connectivity index (χ2n) is 8.56. The van der Waals surface area contributed by atoms with E-state index in [2.05, 4.69) is 40.2 Å². The summed E-state index contributed by atoms with van der Waals surface area (Å²) in [7, 11) is 1.83. The van der Waals surface area contributed by atoms with Crippen LogP contribution in [-0.2, 0) is 10.3 Å². The molecule has 1 saturated heterocycles. The van der Waals surface area contributed by atoms with Gasteiger partial charge in [-0.1, -0.05) is 67.4 Å². The molecule has 5 rings (SSSR count). The molecule has 3 atom stereocenters. The third-order valence-corrected chi connectivity index (χ3v) is 7.16. The van der Waals surface area contributed by atoms with E-state index in [-0.39, 0.29) is 17.6 Å². The Bertz CT molecular complexity index is 1050. The summed E-state index contributed by atoms with van der Waals surface area (Å²) in [5.74, 6) is 0.354. The Kier molecular flexibility index (Phi) is 5.03. The molecule has 0 unspecified atom stereocenters. The minimum absolute atomic E-state index is 0.0513. The molecule has 1 saturated carbocycles. The molecule has 30 heavy (non-hydrogen) atoms. The number of methoxy groups -OCH3 is 1. The zero-order valence-electron chi connectivity index (χ0n) is 17.5. The number of pyridine rings is 1. The number of piperidine rings is 1. The zero-order chi connectivity index (χ0) is 20.6. The second-order valence-corrected chi connectivity index (χ2v) is 8.56. The van der Waals surface area contributed by atoms with Crippen LogP contribution in [0.1, 0.15) is 48.2 Å². The molecule has 1 amide bonds. The van der Waals surface area contributed by atoms with Gasteiger partial charge in [-0.15, -0.1) is 0 Å². The smallest absolute Gasteiger partial charge is 0.272 e. The number of carbonyl (C=O) groups is 1. The predicted molar refractivity (Wildman–Crippen MR) is 118 cm³/mol. The van der Waals surface area contributed by atoms with E-state index in [1.54, 1.807) is 0 Å². The lowest BCUT2D eigenvalue weighted by Gasteiger charge is -2.54. The molecule has 2 fully saturated rings. The van der Waals surface area contributed by atoms with Crippen molar-refractivity contribution < 1.29 is 9.53 Å². The third kappa shape index (κ3) is 3.10. The van der Waals surface area contributed by atoms with Crippen molar-refractivity contribution in [3.05, 3.63) is 78.0 Å². The van der Waals surface area contributed by atoms with Crippen LogP contribution < -0.4 is 0 Å². The Hall–Kier alpha value is -2.72. The number of fused-ring (bicyclic) bond motifs is 2. The first-order valence-electron chi connectivity index (χ1n) is 11.0. The van der Waals surface area contributed by atoms with E-state index < -0.39 is 0 Å². The number of hydrogen-bond acceptors (Lipinski definition) is 3. The molecular formula is C26H28N2O2. The topological polar surface area (TPSA) is 42.4 Å². The van der Waals surface area contributed by atoms with Crippen molar-refractivity contribution in [3.63, 3.8) is 0 Å². The number of ether oxygens (including phenoxy) is 1. The van der Waals surface area contributed by atoms with E-state index in [9.17, 15) is 4.79 Å². The molecule has 2 heterocycles. The average molecular weight is 401 g/mol. The summed E-state index contributed by atoms with van der Waals surface area (Å²) in [6, 6.07) is 22.6. The van der Waals surface area contributed by atoms with Crippen molar-refractivity contribution in [2.75, 3.05) is 13.7 Å². The van der Waals surface area contributed by atoms with E-state index in [0.29, 0.717) is 18.2 Å². The monoisotopic (exact) mass is 400 g/mol. The molecule has 1 aliphatic carbocycles. The fraction of sp³-hybridized carbons (Fsp3) is 0.385. The van der Waals surface area contributed by atoms with Crippen LogP contribution in [0, 0.1) is 5.92 Å². The Morgan fingerprint density at radius 1 is 1.00 bits per heavy atom. The average Bonchev–Trinajstić information content (AvgIpc) is 2.83. The van der Waals surface area contributed by atoms with Crippen LogP contribution in [0.25, 0.3) is 10.9 Å². The fourth-order valence-electron chi connectivity index (χ4n) is 5.70. The second kappa shape index (κ2) is 7.84. The highest BCUT2D eigenvalue weighted by molar-refractivity contribution is 5.95. The number of hydrogen-bond donors (Lipinski definition) is 0. The van der Waals surface area contributed by atoms with Gasteiger partial charge in [0.2, 0.25) is 0 Å². The van der Waals surface area contributed by atoms with E-state index in [0.717, 1.165) is 36.6 Å². The number of aromatic nitrogens is 1. The molecule has 3 aromatic rings. The lowest BCUT2D eigenvalue weighted by atomic mass is 9.66. The molecule has 0 radical (unpaired) electrons. The van der Waals surface area contributed by atoms with Crippen LogP contribution in [0.15, 0.2) is 66.7 Å². The molecule has 0 spiro atoms. The van der Waals surface area contributed by atoms with E-state index in [4.69, 9.17) is 4.74 Å². The molecule has 4 nitrogen and oxygen atoms in total. The van der Waals surface area contributed by atoms with Crippen molar-refractivity contribution >= 4 is 16.8 Å². The standard InChI is InChI=1S/C26H28N2O2/c1-30-26(20-10-3-2-4-11-20)17-18-28(24-14-8-6-12-21(24)26)25(29)23-16-15-19-9-5-7-13-22(19)27-23/h2-5,7,9-11,13,15-16,21,24H,6,8,12,14,17-18H2,1H3/t21-,24-,26-/m1/s1. The van der Waals surface area contributed by atoms with Gasteiger partial charge in [-0.05, 0) is 37.0 Å². The number of para-hydroxylation sites is 1. The highest BCUT2D eigenvalue weighted by Crippen LogP contribution is 2.49. The maximum atomic E-state index is 13.6. The van der Waals surface area contributed by atoms with Crippen LogP contribution in [0.2, 0.25) is 0 Å². The first-order chi connectivity index (χ1) is 14.7. The van der Waals surface area contributed by atoms with Crippen LogP contribution in [0.3, 0.4) is 0 Å². The van der Waals surface area contributed by atoms with Gasteiger partial charge in [0.1, 0.15) is 5.69 Å². The van der Waals surface area contributed by atoms with Gasteiger partial charge in [0.25, 0.3) is 5.91 Å². The minimum Gasteiger partial charge on any atom is -0.373 e. The number of rotatable bonds is 3. The molecule has 0 N–H and O–H groups in total. The van der Waals surface area contributed by atoms with Crippen LogP contribution in [0.5, 0.6) is 0 Å². The molecular weight excluding hydrogens is 372 g/mol. The summed E-state index contributed by atoms with van der Waals surface area (Å²) < 4.78 is 6.27. The maximum absolute atomic E-state index is 13.6. The molecule has 1 aliphatic heterocycles. The van der Waals surface area contributed by atoms with Gasteiger partial charge in [0.15, 0.2) is 0 Å². The van der Waals surface area contributed by atoms with Crippen molar-refractivity contribution in [3.8, 4) is 0 Å². The summed E-state index contributed by atoms with van der Waals surface area (Å²) >= 11 is 0. The number of likely N-dealkylation sites (tertiary alicyclic amines) is 1. The Labute approximate surface area is 177 Å². The van der Waals surface area contributed by atoms with Crippen molar-refractivity contribution in [1.82, 2.24) is 9.88 Å². The fourth-order valence-corrected chi connectivity index (χ4v) is 5.70. The lowest BCUT2D eigenvalue weighted by molar-refractivity contribution is -0.134. The van der Waals surface area contributed by atoms with Gasteiger partial charge in [0.05, 0.1) is 11.1 Å². The largest absolute Gasteiger partial charge is 0.373 e. The van der Waals surface area contributed by atoms with Crippen LogP contribution in [-0.4, -0.2) is 35.5 Å². The van der Waals surface area contributed by atoms with Gasteiger partial charge in [-0.25, -0.2) is 4.98 Å². The van der Waals surface area contributed by atoms with Gasteiger partial charge in [-0.2, -0.15) is 0 Å². The van der Waals surface area contributed by atoms with Gasteiger partial charge >= 0.3 is 0 Å². The summed E-state index contributed by atoms with van der Waals surface area (Å²) in [6.07, 6.45) is 5.28. The SMILES string of the molecule is CO[C@@]1(c2ccccc2)CCN(C(=O)c2ccc3ccccc3n2)[C@@H]2CCCC[C@H]21. The van der Waals surface area contributed by atoms with Gasteiger partial charge in [-0.3, -0.25) is 4.79 Å². The third-order valence-electron chi connectivity index (χ3n) is 7.16. The quantitative estimate of drug-likeness (QED) is 0.608. The van der Waals surface area contributed by atoms with Crippen LogP contribution >= 0.6 is 0 Å². The molecule has 0 bridgehead atoms. The summed E-state index contributed by atoms with van der Waals surface area (Å²) in [5.41, 5.74) is 2.33. The molecule has 2 aliphatic rings. The molecule has 4 heteroatoms. The Balaban J connectivity index is 1.49. The Morgan fingerprint density at radius 2 is 1.77 bits per heavy atom. The van der Waals surface area contributed by atoms with E-state index in [1.165, 1.54) is 12.0 Å². The number of amides is 1. The lowest BCUT2D eigenvalue weighted by Crippen LogP contribution is -2.59. The first-order valence-corrected chi connectivity index (χ1v) is 11.0. The van der Waals surface area contributed by atoms with E-state index >= 15 is 0 Å². The van der Waals surface area contributed by atoms with Crippen LogP contribution in [0.4, 0.5) is 0 Å². The van der Waals surface area contributed by atoms with Crippen molar-refractivity contribution in [2.45, 2.75) is 43.7 Å². The van der Waals surface area contributed by atoms with Crippen molar-refractivity contribution in [1.29, 1.82) is 0 Å². The molecule has 2 aromatic carbocycles. The zero-order valence-corrected chi connectivity index (χ0v) is 17.5. The number of benzene rings is 2. The summed E-state index contributed by atoms with van der Waals surface area (Å²) in [4.78, 5) is 20.3. The first kappa shape index (κ1) is 19.3. The summed E-state index contributed by atoms with van der Waals surface area (Å²) in [6.45, 7) is 0.692. The van der Waals surface area contributed by atoms with Gasteiger partial charge in [0, 0.05) is 31.0 Å². The number of nitrogens with zero attached hydrogens (tertiary/aromatic N) is 2. The number of carbonyl (C=O) groups excluding carboxylic acids is 1. The Morgan fingerprint density at radius 3 is 2.60 bits per heavy atom. The normalized spacial score (nSPS) is 26.4. The van der Waals surface area contributed by atoms with Crippen molar-refractivity contribution in [2.24, 2.45) is 5.92 Å². The highest BCUT2D eigenvalue weighted by Gasteiger charge is 2.51. The van der Waals surface area contributed by atoms with Gasteiger partial charge < -0.3 is 9.64 Å². The highest BCUT2D eigenvalue weighted by atomic mass is 16.5. The molecule has 1 aromatic heterocycles. The predicted octanol–water partition coefficient (Wildman–Crippen LogP) is 5.18. The maximum Gasteiger partial charge on any atom is 0.272 e. The summed E-state index contributed by atoms with van der Waals surface area (Å²) in [5, 5.41) is 1.06. The van der Waals surface area contributed by atoms with E-state index in [1.807, 2.05) is 43.5 Å².